The van der Waals surface area contributed by atoms with Gasteiger partial charge >= 0.3 is 0 Å². The molecular formula is C17H24BrFN2O. The van der Waals surface area contributed by atoms with E-state index >= 15 is 0 Å². The van der Waals surface area contributed by atoms with E-state index in [1.54, 1.807) is 6.07 Å². The van der Waals surface area contributed by atoms with Gasteiger partial charge in [0.15, 0.2) is 11.6 Å². The first-order valence-corrected chi connectivity index (χ1v) is 9.09. The molecule has 3 nitrogen and oxygen atoms in total. The van der Waals surface area contributed by atoms with Gasteiger partial charge in [0.25, 0.3) is 0 Å². The summed E-state index contributed by atoms with van der Waals surface area (Å²) in [5.41, 5.74) is 0.759. The fourth-order valence-corrected chi connectivity index (χ4v) is 4.27. The van der Waals surface area contributed by atoms with Crippen LogP contribution in [-0.4, -0.2) is 36.2 Å². The zero-order chi connectivity index (χ0) is 15.5. The molecule has 0 aromatic heterocycles. The van der Waals surface area contributed by atoms with Crippen molar-refractivity contribution in [3.8, 4) is 5.75 Å². The van der Waals surface area contributed by atoms with Crippen LogP contribution < -0.4 is 5.32 Å². The van der Waals surface area contributed by atoms with E-state index in [0.29, 0.717) is 10.4 Å². The van der Waals surface area contributed by atoms with Crippen LogP contribution in [0.1, 0.15) is 43.7 Å². The second-order valence-electron chi connectivity index (χ2n) is 6.43. The molecule has 1 heterocycles. The van der Waals surface area contributed by atoms with Crippen LogP contribution in [0, 0.1) is 11.7 Å². The van der Waals surface area contributed by atoms with Gasteiger partial charge in [0, 0.05) is 37.8 Å². The van der Waals surface area contributed by atoms with E-state index in [1.165, 1.54) is 32.1 Å². The van der Waals surface area contributed by atoms with Crippen LogP contribution in [0.4, 0.5) is 4.39 Å². The minimum Gasteiger partial charge on any atom is -0.505 e. The minimum absolute atomic E-state index is 0.130. The Kier molecular flexibility index (Phi) is 5.37. The number of piperazine rings is 1. The molecular weight excluding hydrogens is 347 g/mol. The largest absolute Gasteiger partial charge is 0.505 e. The van der Waals surface area contributed by atoms with Gasteiger partial charge in [-0.3, -0.25) is 4.90 Å². The van der Waals surface area contributed by atoms with Crippen molar-refractivity contribution in [3.05, 3.63) is 28.0 Å². The SMILES string of the molecule is Oc1c([C@@H](C2CCCCC2)N2CCNCC2)ccc(Br)c1F. The molecule has 1 saturated carbocycles. The Labute approximate surface area is 140 Å². The Hall–Kier alpha value is -0.650. The number of nitrogens with one attached hydrogen (secondary N) is 1. The lowest BCUT2D eigenvalue weighted by Gasteiger charge is -2.41. The minimum atomic E-state index is -0.534. The predicted molar refractivity (Wildman–Crippen MR) is 89.5 cm³/mol. The van der Waals surface area contributed by atoms with Gasteiger partial charge in [-0.25, -0.2) is 4.39 Å². The Balaban J connectivity index is 1.94. The highest BCUT2D eigenvalue weighted by molar-refractivity contribution is 9.10. The molecule has 5 heteroatoms. The smallest absolute Gasteiger partial charge is 0.179 e. The fourth-order valence-electron chi connectivity index (χ4n) is 3.95. The fraction of sp³-hybridized carbons (Fsp3) is 0.647. The monoisotopic (exact) mass is 370 g/mol. The van der Waals surface area contributed by atoms with Crippen molar-refractivity contribution in [1.82, 2.24) is 10.2 Å². The molecule has 0 bridgehead atoms. The summed E-state index contributed by atoms with van der Waals surface area (Å²) < 4.78 is 14.5. The predicted octanol–water partition coefficient (Wildman–Crippen LogP) is 3.82. The number of rotatable bonds is 3. The number of benzene rings is 1. The Morgan fingerprint density at radius 3 is 2.55 bits per heavy atom. The van der Waals surface area contributed by atoms with E-state index in [2.05, 4.69) is 26.1 Å². The maximum atomic E-state index is 14.2. The lowest BCUT2D eigenvalue weighted by atomic mass is 9.80. The number of halogens is 2. The molecule has 1 atom stereocenters. The molecule has 0 amide bonds. The van der Waals surface area contributed by atoms with Gasteiger partial charge in [-0.15, -0.1) is 0 Å². The van der Waals surface area contributed by atoms with Crippen LogP contribution in [0.15, 0.2) is 16.6 Å². The molecule has 22 heavy (non-hydrogen) atoms. The van der Waals surface area contributed by atoms with E-state index in [4.69, 9.17) is 0 Å². The summed E-state index contributed by atoms with van der Waals surface area (Å²) in [6.07, 6.45) is 6.13. The van der Waals surface area contributed by atoms with Gasteiger partial charge in [0.1, 0.15) is 0 Å². The van der Waals surface area contributed by atoms with Crippen LogP contribution in [0.3, 0.4) is 0 Å². The molecule has 0 spiro atoms. The topological polar surface area (TPSA) is 35.5 Å². The van der Waals surface area contributed by atoms with Crippen molar-refractivity contribution in [2.24, 2.45) is 5.92 Å². The third-order valence-electron chi connectivity index (χ3n) is 5.06. The molecule has 0 unspecified atom stereocenters. The average Bonchev–Trinajstić information content (AvgIpc) is 2.57. The van der Waals surface area contributed by atoms with Crippen LogP contribution >= 0.6 is 15.9 Å². The van der Waals surface area contributed by atoms with Crippen molar-refractivity contribution in [3.63, 3.8) is 0 Å². The number of phenolic OH excluding ortho intramolecular Hbond substituents is 1. The normalized spacial score (nSPS) is 22.6. The van der Waals surface area contributed by atoms with Gasteiger partial charge in [-0.1, -0.05) is 25.3 Å². The molecule has 2 N–H and O–H groups in total. The summed E-state index contributed by atoms with van der Waals surface area (Å²) in [5, 5.41) is 13.7. The van der Waals surface area contributed by atoms with E-state index in [-0.39, 0.29) is 11.8 Å². The highest BCUT2D eigenvalue weighted by atomic mass is 79.9. The summed E-state index contributed by atoms with van der Waals surface area (Å²) in [4.78, 5) is 2.43. The Morgan fingerprint density at radius 2 is 1.86 bits per heavy atom. The Morgan fingerprint density at radius 1 is 1.18 bits per heavy atom. The van der Waals surface area contributed by atoms with Crippen molar-refractivity contribution in [2.75, 3.05) is 26.2 Å². The van der Waals surface area contributed by atoms with E-state index in [9.17, 15) is 9.50 Å². The first-order chi connectivity index (χ1) is 10.7. The lowest BCUT2D eigenvalue weighted by molar-refractivity contribution is 0.101. The van der Waals surface area contributed by atoms with Crippen molar-refractivity contribution in [1.29, 1.82) is 0 Å². The molecule has 1 aromatic carbocycles. The molecule has 1 aliphatic heterocycles. The number of hydrogen-bond acceptors (Lipinski definition) is 3. The molecule has 0 radical (unpaired) electrons. The zero-order valence-corrected chi connectivity index (χ0v) is 14.4. The third-order valence-corrected chi connectivity index (χ3v) is 5.67. The molecule has 122 valence electrons. The van der Waals surface area contributed by atoms with Crippen molar-refractivity contribution < 1.29 is 9.50 Å². The summed E-state index contributed by atoms with van der Waals surface area (Å²) in [7, 11) is 0. The highest BCUT2D eigenvalue weighted by Gasteiger charge is 2.33. The van der Waals surface area contributed by atoms with Crippen molar-refractivity contribution in [2.45, 2.75) is 38.1 Å². The quantitative estimate of drug-likeness (QED) is 0.848. The first-order valence-electron chi connectivity index (χ1n) is 8.30. The number of aromatic hydroxyl groups is 1. The van der Waals surface area contributed by atoms with E-state index in [1.807, 2.05) is 6.07 Å². The average molecular weight is 371 g/mol. The van der Waals surface area contributed by atoms with Crippen LogP contribution in [0.2, 0.25) is 0 Å². The van der Waals surface area contributed by atoms with Gasteiger partial charge < -0.3 is 10.4 Å². The molecule has 2 fully saturated rings. The van der Waals surface area contributed by atoms with Crippen molar-refractivity contribution >= 4 is 15.9 Å². The first kappa shape index (κ1) is 16.2. The number of nitrogens with zero attached hydrogens (tertiary/aromatic N) is 1. The highest BCUT2D eigenvalue weighted by Crippen LogP contribution is 2.43. The second-order valence-corrected chi connectivity index (χ2v) is 7.28. The van der Waals surface area contributed by atoms with Gasteiger partial charge in [-0.05, 0) is 40.8 Å². The van der Waals surface area contributed by atoms with E-state index < -0.39 is 5.82 Å². The maximum Gasteiger partial charge on any atom is 0.179 e. The van der Waals surface area contributed by atoms with Gasteiger partial charge in [0.05, 0.1) is 4.47 Å². The molecule has 2 aliphatic rings. The third kappa shape index (κ3) is 3.31. The Bertz CT molecular complexity index is 496. The number of hydrogen-bond donors (Lipinski definition) is 2. The second kappa shape index (κ2) is 7.28. The van der Waals surface area contributed by atoms with Crippen LogP contribution in [-0.2, 0) is 0 Å². The van der Waals surface area contributed by atoms with E-state index in [0.717, 1.165) is 31.7 Å². The summed E-state index contributed by atoms with van der Waals surface area (Å²) in [6, 6.07) is 3.75. The standard InChI is InChI=1S/C17H24BrFN2O/c18-14-7-6-13(17(22)15(14)19)16(12-4-2-1-3-5-12)21-10-8-20-9-11-21/h6-7,12,16,20,22H,1-5,8-11H2/t16-/m1/s1. The lowest BCUT2D eigenvalue weighted by Crippen LogP contribution is -2.47. The summed E-state index contributed by atoms with van der Waals surface area (Å²) in [5.74, 6) is -0.199. The van der Waals surface area contributed by atoms with Gasteiger partial charge in [0.2, 0.25) is 0 Å². The number of phenols is 1. The summed E-state index contributed by atoms with van der Waals surface area (Å²) in [6.45, 7) is 3.84. The molecule has 1 saturated heterocycles. The molecule has 3 rings (SSSR count). The van der Waals surface area contributed by atoms with Crippen LogP contribution in [0.5, 0.6) is 5.75 Å². The van der Waals surface area contributed by atoms with Crippen LogP contribution in [0.25, 0.3) is 0 Å². The zero-order valence-electron chi connectivity index (χ0n) is 12.8. The molecule has 1 aromatic rings. The molecule has 1 aliphatic carbocycles. The van der Waals surface area contributed by atoms with Gasteiger partial charge in [-0.2, -0.15) is 0 Å². The maximum absolute atomic E-state index is 14.2. The summed E-state index contributed by atoms with van der Waals surface area (Å²) >= 11 is 3.16.